The lowest BCUT2D eigenvalue weighted by atomic mass is 10.1. The molecule has 1 aliphatic heterocycles. The van der Waals surface area contributed by atoms with Crippen molar-refractivity contribution in [1.82, 2.24) is 10.2 Å². The molecule has 1 saturated heterocycles. The van der Waals surface area contributed by atoms with Gasteiger partial charge in [-0.25, -0.2) is 0 Å². The second kappa shape index (κ2) is 5.17. The molecule has 84 valence electrons. The van der Waals surface area contributed by atoms with Gasteiger partial charge >= 0.3 is 0 Å². The molecule has 0 bridgehead atoms. The molecular weight excluding hydrogens is 220 g/mol. The Morgan fingerprint density at radius 3 is 2.88 bits per heavy atom. The van der Waals surface area contributed by atoms with Gasteiger partial charge in [-0.05, 0) is 19.1 Å². The number of thioether (sulfide) groups is 1. The van der Waals surface area contributed by atoms with Crippen LogP contribution < -0.4 is 4.90 Å². The molecule has 1 fully saturated rings. The molecule has 0 aromatic carbocycles. The summed E-state index contributed by atoms with van der Waals surface area (Å²) in [6.45, 7) is 2.02. The minimum atomic E-state index is 0.581. The molecule has 4 nitrogen and oxygen atoms in total. The van der Waals surface area contributed by atoms with Crippen molar-refractivity contribution in [3.05, 3.63) is 17.8 Å². The molecule has 0 spiro atoms. The normalized spacial score (nSPS) is 17.1. The molecule has 0 aliphatic carbocycles. The first kappa shape index (κ1) is 11.2. The Labute approximate surface area is 99.7 Å². The molecule has 0 atom stereocenters. The van der Waals surface area contributed by atoms with E-state index in [1.807, 2.05) is 17.8 Å². The van der Waals surface area contributed by atoms with E-state index in [1.54, 1.807) is 0 Å². The number of nitriles is 1. The van der Waals surface area contributed by atoms with Crippen molar-refractivity contribution in [1.29, 1.82) is 5.26 Å². The Morgan fingerprint density at radius 2 is 2.25 bits per heavy atom. The van der Waals surface area contributed by atoms with Crippen molar-refractivity contribution < 1.29 is 0 Å². The molecule has 0 N–H and O–H groups in total. The number of hydrogen-bond donors (Lipinski definition) is 0. The van der Waals surface area contributed by atoms with E-state index in [2.05, 4.69) is 27.4 Å². The first-order valence-electron chi connectivity index (χ1n) is 5.34. The maximum Gasteiger partial charge on any atom is 0.152 e. The molecular formula is C11H14N4S. The van der Waals surface area contributed by atoms with Gasteiger partial charge in [-0.3, -0.25) is 0 Å². The van der Waals surface area contributed by atoms with Crippen LogP contribution >= 0.6 is 11.8 Å². The molecule has 0 unspecified atom stereocenters. The number of aromatic nitrogens is 2. The molecule has 2 heterocycles. The minimum Gasteiger partial charge on any atom is -0.355 e. The first-order chi connectivity index (χ1) is 7.83. The number of hydrogen-bond acceptors (Lipinski definition) is 5. The van der Waals surface area contributed by atoms with Gasteiger partial charge in [-0.15, -0.1) is 5.10 Å². The van der Waals surface area contributed by atoms with Crippen LogP contribution in [0.25, 0.3) is 0 Å². The lowest BCUT2D eigenvalue weighted by Gasteiger charge is -2.31. The summed E-state index contributed by atoms with van der Waals surface area (Å²) in [5, 5.41) is 17.5. The number of nitrogens with zero attached hydrogens (tertiary/aromatic N) is 4. The van der Waals surface area contributed by atoms with E-state index in [0.29, 0.717) is 5.56 Å². The summed E-state index contributed by atoms with van der Waals surface area (Å²) in [6.07, 6.45) is 6.02. The van der Waals surface area contributed by atoms with Crippen molar-refractivity contribution >= 4 is 17.6 Å². The Kier molecular flexibility index (Phi) is 3.62. The van der Waals surface area contributed by atoms with E-state index in [-0.39, 0.29) is 0 Å². The van der Waals surface area contributed by atoms with Gasteiger partial charge in [0.05, 0.1) is 11.8 Å². The Hall–Kier alpha value is -1.28. The fourth-order valence-electron chi connectivity index (χ4n) is 1.89. The van der Waals surface area contributed by atoms with Gasteiger partial charge in [0.25, 0.3) is 0 Å². The standard InChI is InChI=1S/C11H14N4S/c1-16-10-2-4-15(5-3-10)11-6-9(7-12)8-13-14-11/h6,8,10H,2-5H2,1H3. The zero-order valence-electron chi connectivity index (χ0n) is 9.26. The summed E-state index contributed by atoms with van der Waals surface area (Å²) < 4.78 is 0. The molecule has 1 aliphatic rings. The Bertz CT molecular complexity index is 393. The summed E-state index contributed by atoms with van der Waals surface area (Å²) in [4.78, 5) is 2.21. The van der Waals surface area contributed by atoms with Crippen LogP contribution in [0.15, 0.2) is 12.3 Å². The molecule has 0 radical (unpaired) electrons. The lowest BCUT2D eigenvalue weighted by molar-refractivity contribution is 0.584. The highest BCUT2D eigenvalue weighted by molar-refractivity contribution is 7.99. The van der Waals surface area contributed by atoms with Gasteiger partial charge in [-0.1, -0.05) is 0 Å². The van der Waals surface area contributed by atoms with Crippen molar-refractivity contribution in [3.63, 3.8) is 0 Å². The third kappa shape index (κ3) is 2.45. The van der Waals surface area contributed by atoms with Crippen LogP contribution in [0.4, 0.5) is 5.82 Å². The van der Waals surface area contributed by atoms with Crippen LogP contribution in [0.3, 0.4) is 0 Å². The largest absolute Gasteiger partial charge is 0.355 e. The average Bonchev–Trinajstić information content (AvgIpc) is 2.39. The SMILES string of the molecule is CSC1CCN(c2cc(C#N)cnn2)CC1. The third-order valence-corrected chi connectivity index (χ3v) is 4.01. The minimum absolute atomic E-state index is 0.581. The van der Waals surface area contributed by atoms with Crippen LogP contribution in [0.5, 0.6) is 0 Å². The zero-order chi connectivity index (χ0) is 11.4. The summed E-state index contributed by atoms with van der Waals surface area (Å²) in [6, 6.07) is 3.91. The molecule has 1 aromatic heterocycles. The molecule has 0 amide bonds. The highest BCUT2D eigenvalue weighted by Gasteiger charge is 2.19. The van der Waals surface area contributed by atoms with Crippen LogP contribution in [0.2, 0.25) is 0 Å². The first-order valence-corrected chi connectivity index (χ1v) is 6.63. The summed E-state index contributed by atoms with van der Waals surface area (Å²) >= 11 is 1.94. The summed E-state index contributed by atoms with van der Waals surface area (Å²) in [5.41, 5.74) is 0.581. The van der Waals surface area contributed by atoms with E-state index in [9.17, 15) is 0 Å². The van der Waals surface area contributed by atoms with Crippen LogP contribution in [0, 0.1) is 11.3 Å². The second-order valence-corrected chi connectivity index (χ2v) is 4.97. The zero-order valence-corrected chi connectivity index (χ0v) is 10.1. The van der Waals surface area contributed by atoms with Gasteiger partial charge in [0.15, 0.2) is 5.82 Å². The topological polar surface area (TPSA) is 52.8 Å². The van der Waals surface area contributed by atoms with Crippen molar-refractivity contribution in [3.8, 4) is 6.07 Å². The van der Waals surface area contributed by atoms with Crippen molar-refractivity contribution in [2.24, 2.45) is 0 Å². The third-order valence-electron chi connectivity index (χ3n) is 2.87. The van der Waals surface area contributed by atoms with Gasteiger partial charge < -0.3 is 4.90 Å². The highest BCUT2D eigenvalue weighted by atomic mass is 32.2. The number of piperidine rings is 1. The average molecular weight is 234 g/mol. The molecule has 16 heavy (non-hydrogen) atoms. The second-order valence-electron chi connectivity index (χ2n) is 3.84. The maximum atomic E-state index is 8.80. The molecule has 5 heteroatoms. The highest BCUT2D eigenvalue weighted by Crippen LogP contribution is 2.23. The van der Waals surface area contributed by atoms with E-state index in [4.69, 9.17) is 5.26 Å². The van der Waals surface area contributed by atoms with Crippen LogP contribution in [-0.2, 0) is 0 Å². The predicted molar refractivity (Wildman–Crippen MR) is 65.5 cm³/mol. The van der Waals surface area contributed by atoms with Crippen LogP contribution in [-0.4, -0.2) is 34.8 Å². The van der Waals surface area contributed by atoms with Crippen LogP contribution in [0.1, 0.15) is 18.4 Å². The van der Waals surface area contributed by atoms with Crippen molar-refractivity contribution in [2.45, 2.75) is 18.1 Å². The fraction of sp³-hybridized carbons (Fsp3) is 0.545. The number of anilines is 1. The number of rotatable bonds is 2. The smallest absolute Gasteiger partial charge is 0.152 e. The predicted octanol–water partition coefficient (Wildman–Crippen LogP) is 1.68. The Balaban J connectivity index is 2.05. The van der Waals surface area contributed by atoms with E-state index < -0.39 is 0 Å². The van der Waals surface area contributed by atoms with E-state index in [0.717, 1.165) is 24.2 Å². The van der Waals surface area contributed by atoms with Gasteiger partial charge in [0, 0.05) is 24.4 Å². The van der Waals surface area contributed by atoms with E-state index in [1.165, 1.54) is 19.0 Å². The van der Waals surface area contributed by atoms with Crippen molar-refractivity contribution in [2.75, 3.05) is 24.2 Å². The van der Waals surface area contributed by atoms with E-state index >= 15 is 0 Å². The maximum absolute atomic E-state index is 8.80. The monoisotopic (exact) mass is 234 g/mol. The van der Waals surface area contributed by atoms with Gasteiger partial charge in [0.2, 0.25) is 0 Å². The summed E-state index contributed by atoms with van der Waals surface area (Å²) in [5.74, 6) is 0.832. The molecule has 0 saturated carbocycles. The summed E-state index contributed by atoms with van der Waals surface area (Å²) in [7, 11) is 0. The molecule has 2 rings (SSSR count). The molecule has 1 aromatic rings. The Morgan fingerprint density at radius 1 is 1.50 bits per heavy atom. The van der Waals surface area contributed by atoms with Gasteiger partial charge in [-0.2, -0.15) is 22.1 Å². The van der Waals surface area contributed by atoms with Gasteiger partial charge in [0.1, 0.15) is 6.07 Å². The fourth-order valence-corrected chi connectivity index (χ4v) is 2.57. The quantitative estimate of drug-likeness (QED) is 0.779. The lowest BCUT2D eigenvalue weighted by Crippen LogP contribution is -2.35.